The third-order valence-corrected chi connectivity index (χ3v) is 6.70. The normalized spacial score (nSPS) is 24.0. The van der Waals surface area contributed by atoms with Crippen molar-refractivity contribution < 1.29 is 18.5 Å². The van der Waals surface area contributed by atoms with Gasteiger partial charge >= 0.3 is 6.09 Å². The van der Waals surface area contributed by atoms with Crippen molar-refractivity contribution in [2.24, 2.45) is 5.41 Å². The highest BCUT2D eigenvalue weighted by Gasteiger charge is 2.42. The van der Waals surface area contributed by atoms with Crippen LogP contribution < -0.4 is 9.80 Å². The van der Waals surface area contributed by atoms with Crippen molar-refractivity contribution in [1.29, 1.82) is 0 Å². The van der Waals surface area contributed by atoms with E-state index in [9.17, 15) is 4.79 Å². The van der Waals surface area contributed by atoms with Gasteiger partial charge in [-0.2, -0.15) is 4.98 Å². The van der Waals surface area contributed by atoms with Crippen molar-refractivity contribution in [2.75, 3.05) is 42.7 Å². The number of amides is 1. The largest absolute Gasteiger partial charge is 0.444 e. The lowest BCUT2D eigenvalue weighted by Crippen LogP contribution is -2.41. The van der Waals surface area contributed by atoms with Gasteiger partial charge in [-0.25, -0.2) is 9.78 Å². The Bertz CT molecular complexity index is 727. The summed E-state index contributed by atoms with van der Waals surface area (Å²) in [7, 11) is 0. The molecular weight excluding hydrogens is 416 g/mol. The fourth-order valence-corrected chi connectivity index (χ4v) is 3.77. The maximum absolute atomic E-state index is 12.6. The molecular formula is C19H29ClN4O4S. The average molecular weight is 445 g/mol. The second kappa shape index (κ2) is 9.24. The summed E-state index contributed by atoms with van der Waals surface area (Å²) in [6.45, 7) is 13.4. The van der Waals surface area contributed by atoms with Crippen molar-refractivity contribution in [1.82, 2.24) is 9.97 Å². The first kappa shape index (κ1) is 22.4. The summed E-state index contributed by atoms with van der Waals surface area (Å²) in [6.07, 6.45) is -0.781. The van der Waals surface area contributed by atoms with Crippen LogP contribution in [0.5, 0.6) is 0 Å². The van der Waals surface area contributed by atoms with Gasteiger partial charge in [0.1, 0.15) is 23.1 Å². The number of halogens is 1. The van der Waals surface area contributed by atoms with Crippen molar-refractivity contribution in [2.45, 2.75) is 52.0 Å². The highest BCUT2D eigenvalue weighted by atomic mass is 35.5. The SMILES string of the molecule is CC(SOC[C@H]1[C@@H](C)OC(=O)N1c1cc(Cl)nc(N2CCOCC2)n1)C(C)(C)C. The lowest BCUT2D eigenvalue weighted by atomic mass is 9.93. The first-order valence-corrected chi connectivity index (χ1v) is 11.0. The first-order chi connectivity index (χ1) is 13.7. The number of carbonyl (C=O) groups excluding carboxylic acids is 1. The molecule has 0 aromatic carbocycles. The Hall–Kier alpha value is -1.29. The van der Waals surface area contributed by atoms with Crippen LogP contribution in [-0.4, -0.2) is 66.4 Å². The molecule has 2 aliphatic rings. The molecule has 0 N–H and O–H groups in total. The molecule has 1 amide bonds. The molecule has 0 radical (unpaired) electrons. The van der Waals surface area contributed by atoms with Gasteiger partial charge in [0.15, 0.2) is 0 Å². The van der Waals surface area contributed by atoms with Gasteiger partial charge in [0, 0.05) is 24.4 Å². The summed E-state index contributed by atoms with van der Waals surface area (Å²) < 4.78 is 16.7. The number of carbonyl (C=O) groups is 1. The van der Waals surface area contributed by atoms with Crippen LogP contribution in [0.2, 0.25) is 5.15 Å². The summed E-state index contributed by atoms with van der Waals surface area (Å²) in [5.41, 5.74) is 0.116. The van der Waals surface area contributed by atoms with E-state index in [1.165, 1.54) is 16.9 Å². The van der Waals surface area contributed by atoms with Crippen LogP contribution in [-0.2, 0) is 13.7 Å². The molecule has 0 saturated carbocycles. The average Bonchev–Trinajstić information content (AvgIpc) is 2.94. The van der Waals surface area contributed by atoms with Crippen molar-refractivity contribution in [3.05, 3.63) is 11.2 Å². The minimum Gasteiger partial charge on any atom is -0.444 e. The number of hydrogen-bond donors (Lipinski definition) is 0. The second-order valence-electron chi connectivity index (χ2n) is 8.36. The topological polar surface area (TPSA) is 77.0 Å². The zero-order chi connectivity index (χ0) is 21.2. The Labute approximate surface area is 181 Å². The Morgan fingerprint density at radius 1 is 1.34 bits per heavy atom. The molecule has 162 valence electrons. The summed E-state index contributed by atoms with van der Waals surface area (Å²) in [4.78, 5) is 25.0. The molecule has 1 aromatic heterocycles. The number of hydrogen-bond acceptors (Lipinski definition) is 8. The number of nitrogens with zero attached hydrogens (tertiary/aromatic N) is 4. The lowest BCUT2D eigenvalue weighted by Gasteiger charge is -2.29. The van der Waals surface area contributed by atoms with E-state index >= 15 is 0 Å². The maximum atomic E-state index is 12.6. The molecule has 1 unspecified atom stereocenters. The van der Waals surface area contributed by atoms with Crippen molar-refractivity contribution in [3.63, 3.8) is 0 Å². The maximum Gasteiger partial charge on any atom is 0.416 e. The molecule has 2 aliphatic heterocycles. The molecule has 8 nitrogen and oxygen atoms in total. The molecule has 2 saturated heterocycles. The van der Waals surface area contributed by atoms with Crippen LogP contribution in [0.1, 0.15) is 34.6 Å². The molecule has 3 rings (SSSR count). The van der Waals surface area contributed by atoms with Gasteiger partial charge in [0.2, 0.25) is 5.95 Å². The highest BCUT2D eigenvalue weighted by Crippen LogP contribution is 2.33. The van der Waals surface area contributed by atoms with Gasteiger partial charge in [-0.15, -0.1) is 0 Å². The van der Waals surface area contributed by atoms with Crippen LogP contribution in [0.25, 0.3) is 0 Å². The fourth-order valence-electron chi connectivity index (χ4n) is 2.89. The van der Waals surface area contributed by atoms with Crippen LogP contribution in [0, 0.1) is 5.41 Å². The summed E-state index contributed by atoms with van der Waals surface area (Å²) in [6, 6.07) is 1.29. The van der Waals surface area contributed by atoms with Gasteiger partial charge in [-0.1, -0.05) is 39.3 Å². The molecule has 0 aliphatic carbocycles. The minimum absolute atomic E-state index is 0.116. The summed E-state index contributed by atoms with van der Waals surface area (Å²) >= 11 is 7.68. The van der Waals surface area contributed by atoms with E-state index in [2.05, 4.69) is 37.7 Å². The van der Waals surface area contributed by atoms with E-state index < -0.39 is 6.09 Å². The van der Waals surface area contributed by atoms with E-state index in [-0.39, 0.29) is 22.7 Å². The fraction of sp³-hybridized carbons (Fsp3) is 0.737. The van der Waals surface area contributed by atoms with E-state index in [4.69, 9.17) is 25.3 Å². The van der Waals surface area contributed by atoms with Gasteiger partial charge < -0.3 is 18.6 Å². The smallest absolute Gasteiger partial charge is 0.416 e. The summed E-state index contributed by atoms with van der Waals surface area (Å²) in [5, 5.41) is 0.574. The van der Waals surface area contributed by atoms with Crippen molar-refractivity contribution in [3.8, 4) is 0 Å². The molecule has 2 fully saturated rings. The Balaban J connectivity index is 1.76. The third kappa shape index (κ3) is 5.45. The zero-order valence-corrected chi connectivity index (χ0v) is 19.1. The van der Waals surface area contributed by atoms with Gasteiger partial charge in [-0.05, 0) is 24.4 Å². The predicted molar refractivity (Wildman–Crippen MR) is 115 cm³/mol. The Kier molecular flexibility index (Phi) is 7.14. The molecule has 0 spiro atoms. The lowest BCUT2D eigenvalue weighted by molar-refractivity contribution is 0.122. The molecule has 1 aromatic rings. The van der Waals surface area contributed by atoms with Gasteiger partial charge in [-0.3, -0.25) is 4.90 Å². The molecule has 10 heteroatoms. The minimum atomic E-state index is -0.456. The van der Waals surface area contributed by atoms with E-state index in [1.807, 2.05) is 11.8 Å². The first-order valence-electron chi connectivity index (χ1n) is 9.82. The van der Waals surface area contributed by atoms with Gasteiger partial charge in [0.25, 0.3) is 0 Å². The number of rotatable bonds is 6. The van der Waals surface area contributed by atoms with Gasteiger partial charge in [0.05, 0.1) is 19.8 Å². The second-order valence-corrected chi connectivity index (χ2v) is 9.89. The molecule has 29 heavy (non-hydrogen) atoms. The number of anilines is 2. The monoisotopic (exact) mass is 444 g/mol. The number of ether oxygens (including phenoxy) is 2. The van der Waals surface area contributed by atoms with E-state index in [0.717, 1.165) is 0 Å². The molecule has 3 atom stereocenters. The van der Waals surface area contributed by atoms with E-state index in [1.54, 1.807) is 6.07 Å². The number of morpholine rings is 1. The molecule has 0 bridgehead atoms. The van der Waals surface area contributed by atoms with E-state index in [0.29, 0.717) is 49.9 Å². The Morgan fingerprint density at radius 3 is 2.69 bits per heavy atom. The van der Waals surface area contributed by atoms with Crippen LogP contribution in [0.3, 0.4) is 0 Å². The zero-order valence-electron chi connectivity index (χ0n) is 17.6. The highest BCUT2D eigenvalue weighted by molar-refractivity contribution is 7.95. The van der Waals surface area contributed by atoms with Crippen molar-refractivity contribution >= 4 is 41.5 Å². The number of aromatic nitrogens is 2. The van der Waals surface area contributed by atoms with Crippen LogP contribution >= 0.6 is 23.6 Å². The summed E-state index contributed by atoms with van der Waals surface area (Å²) in [5.74, 6) is 0.905. The molecule has 3 heterocycles. The number of cyclic esters (lactones) is 1. The standard InChI is InChI=1S/C19H29ClN4O4S/c1-12-14(11-27-29-13(2)19(3,4)5)24(18(25)28-12)16-10-15(20)21-17(22-16)23-6-8-26-9-7-23/h10,12-14H,6-9,11H2,1-5H3/t12-,13?,14+/m1/s1. The van der Waals surface area contributed by atoms with Crippen LogP contribution in [0.15, 0.2) is 6.07 Å². The van der Waals surface area contributed by atoms with Crippen LogP contribution in [0.4, 0.5) is 16.6 Å². The quantitative estimate of drug-likeness (QED) is 0.484. The Morgan fingerprint density at radius 2 is 2.03 bits per heavy atom. The third-order valence-electron chi connectivity index (χ3n) is 5.24. The predicted octanol–water partition coefficient (Wildman–Crippen LogP) is 3.78.